The predicted octanol–water partition coefficient (Wildman–Crippen LogP) is 5.05. The van der Waals surface area contributed by atoms with E-state index in [0.29, 0.717) is 11.5 Å². The smallest absolute Gasteiger partial charge is 0.191 e. The molecule has 7 nitrogen and oxygen atoms in total. The lowest BCUT2D eigenvalue weighted by Crippen LogP contribution is -2.53. The van der Waals surface area contributed by atoms with Crippen LogP contribution >= 0.6 is 0 Å². The van der Waals surface area contributed by atoms with Crippen molar-refractivity contribution in [3.8, 4) is 0 Å². The Labute approximate surface area is 178 Å². The molecule has 3 aromatic carbocycles. The lowest BCUT2D eigenvalue weighted by molar-refractivity contribution is 0.772. The quantitative estimate of drug-likeness (QED) is 0.418. The summed E-state index contributed by atoms with van der Waals surface area (Å²) in [5.74, 6) is 0.676. The zero-order valence-corrected chi connectivity index (χ0v) is 16.4. The third kappa shape index (κ3) is 2.75. The highest BCUT2D eigenvalue weighted by molar-refractivity contribution is 6.05. The maximum atomic E-state index is 4.46. The van der Waals surface area contributed by atoms with E-state index in [1.807, 2.05) is 65.7 Å². The fourth-order valence-electron chi connectivity index (χ4n) is 3.91. The molecule has 148 valence electrons. The van der Waals surface area contributed by atoms with E-state index in [9.17, 15) is 0 Å². The van der Waals surface area contributed by atoms with E-state index in [0.717, 1.165) is 28.1 Å². The second kappa shape index (κ2) is 7.07. The van der Waals surface area contributed by atoms with Crippen molar-refractivity contribution in [1.29, 1.82) is 0 Å². The molecule has 0 bridgehead atoms. The summed E-state index contributed by atoms with van der Waals surface area (Å²) in [5, 5.41) is 19.8. The Kier molecular flexibility index (Phi) is 3.96. The Bertz CT molecular complexity index is 1260. The molecule has 3 heterocycles. The third-order valence-corrected chi connectivity index (χ3v) is 5.21. The maximum Gasteiger partial charge on any atom is 0.191 e. The molecule has 0 aliphatic carbocycles. The van der Waals surface area contributed by atoms with Crippen LogP contribution in [0.3, 0.4) is 0 Å². The minimum atomic E-state index is 0.553. The number of hydrogen-bond donors (Lipinski definition) is 0. The molecule has 0 atom stereocenters. The summed E-state index contributed by atoms with van der Waals surface area (Å²) < 4.78 is 0. The van der Waals surface area contributed by atoms with E-state index in [2.05, 4.69) is 66.9 Å². The SMILES string of the molecule is c1ccc(N2c3ccnc4nnnc(c34)N(c3ccccc3)N2c2ccccc2)cc1. The molecule has 31 heavy (non-hydrogen) atoms. The van der Waals surface area contributed by atoms with Crippen LogP contribution in [0.5, 0.6) is 0 Å². The summed E-state index contributed by atoms with van der Waals surface area (Å²) in [4.78, 5) is 4.45. The number of anilines is 5. The average Bonchev–Trinajstić information content (AvgIpc) is 2.86. The van der Waals surface area contributed by atoms with Gasteiger partial charge in [0.25, 0.3) is 0 Å². The van der Waals surface area contributed by atoms with Gasteiger partial charge in [-0.05, 0) is 47.7 Å². The van der Waals surface area contributed by atoms with Crippen molar-refractivity contribution in [2.24, 2.45) is 0 Å². The van der Waals surface area contributed by atoms with Crippen LogP contribution in [0.25, 0.3) is 11.0 Å². The van der Waals surface area contributed by atoms with Gasteiger partial charge in [0.05, 0.1) is 28.1 Å². The summed E-state index contributed by atoms with van der Waals surface area (Å²) in [6, 6.07) is 32.5. The zero-order valence-electron chi connectivity index (χ0n) is 16.4. The highest BCUT2D eigenvalue weighted by Crippen LogP contribution is 2.46. The van der Waals surface area contributed by atoms with E-state index in [1.165, 1.54) is 0 Å². The van der Waals surface area contributed by atoms with Gasteiger partial charge in [-0.15, -0.1) is 10.2 Å². The average molecular weight is 403 g/mol. The molecule has 7 heteroatoms. The van der Waals surface area contributed by atoms with Gasteiger partial charge >= 0.3 is 0 Å². The molecule has 0 unspecified atom stereocenters. The fourth-order valence-corrected chi connectivity index (χ4v) is 3.91. The summed E-state index contributed by atoms with van der Waals surface area (Å²) in [7, 11) is 0. The topological polar surface area (TPSA) is 61.3 Å². The summed E-state index contributed by atoms with van der Waals surface area (Å²) in [6.07, 6.45) is 1.76. The van der Waals surface area contributed by atoms with Crippen molar-refractivity contribution in [1.82, 2.24) is 20.4 Å². The van der Waals surface area contributed by atoms with Crippen LogP contribution in [0.15, 0.2) is 103 Å². The molecule has 5 aromatic rings. The van der Waals surface area contributed by atoms with Gasteiger partial charge in [0.2, 0.25) is 0 Å². The number of hydrazine groups is 2. The number of benzene rings is 3. The minimum Gasteiger partial charge on any atom is -0.235 e. The van der Waals surface area contributed by atoms with Crippen LogP contribution in [0.4, 0.5) is 28.6 Å². The van der Waals surface area contributed by atoms with Gasteiger partial charge in [-0.25, -0.2) is 15.0 Å². The maximum absolute atomic E-state index is 4.46. The first kappa shape index (κ1) is 17.3. The van der Waals surface area contributed by atoms with Gasteiger partial charge in [0, 0.05) is 6.20 Å². The van der Waals surface area contributed by atoms with Gasteiger partial charge in [-0.2, -0.15) is 5.12 Å². The lowest BCUT2D eigenvalue weighted by atomic mass is 10.2. The van der Waals surface area contributed by atoms with Crippen molar-refractivity contribution in [3.63, 3.8) is 0 Å². The van der Waals surface area contributed by atoms with Crippen molar-refractivity contribution in [2.45, 2.75) is 0 Å². The molecule has 2 aromatic heterocycles. The van der Waals surface area contributed by atoms with Crippen LogP contribution in [-0.2, 0) is 0 Å². The van der Waals surface area contributed by atoms with E-state index >= 15 is 0 Å². The minimum absolute atomic E-state index is 0.553. The van der Waals surface area contributed by atoms with Gasteiger partial charge in [-0.3, -0.25) is 0 Å². The predicted molar refractivity (Wildman–Crippen MR) is 121 cm³/mol. The van der Waals surface area contributed by atoms with E-state index in [1.54, 1.807) is 6.20 Å². The molecule has 0 saturated carbocycles. The first-order valence-electron chi connectivity index (χ1n) is 9.95. The van der Waals surface area contributed by atoms with Crippen molar-refractivity contribution in [2.75, 3.05) is 15.1 Å². The second-order valence-electron chi connectivity index (χ2n) is 7.06. The number of rotatable bonds is 3. The second-order valence-corrected chi connectivity index (χ2v) is 7.06. The Hall–Kier alpha value is -4.52. The largest absolute Gasteiger partial charge is 0.235 e. The van der Waals surface area contributed by atoms with Crippen LogP contribution in [0, 0.1) is 0 Å². The standard InChI is InChI=1S/C24H17N7/c1-4-10-18(11-5-1)29-21-16-17-25-23-22(21)24(27-28-26-23)30(19-12-6-2-7-13-19)31(29)20-14-8-3-9-15-20/h1-17H. The number of pyridine rings is 1. The normalized spacial score (nSPS) is 13.0. The fraction of sp³-hybridized carbons (Fsp3) is 0. The zero-order chi connectivity index (χ0) is 20.6. The molecule has 0 spiro atoms. The molecule has 0 N–H and O–H groups in total. The van der Waals surface area contributed by atoms with Gasteiger partial charge in [0.15, 0.2) is 11.5 Å². The van der Waals surface area contributed by atoms with Gasteiger partial charge in [0.1, 0.15) is 0 Å². The third-order valence-electron chi connectivity index (χ3n) is 5.21. The first-order valence-corrected chi connectivity index (χ1v) is 9.95. The summed E-state index contributed by atoms with van der Waals surface area (Å²) >= 11 is 0. The van der Waals surface area contributed by atoms with Crippen LogP contribution < -0.4 is 15.1 Å². The molecule has 1 aliphatic rings. The molecule has 0 fully saturated rings. The summed E-state index contributed by atoms with van der Waals surface area (Å²) in [6.45, 7) is 0. The van der Waals surface area contributed by atoms with Gasteiger partial charge in [-0.1, -0.05) is 54.6 Å². The molecule has 0 radical (unpaired) electrons. The van der Waals surface area contributed by atoms with Crippen molar-refractivity contribution < 1.29 is 0 Å². The Morgan fingerprint density at radius 3 is 1.77 bits per heavy atom. The molecular weight excluding hydrogens is 386 g/mol. The highest BCUT2D eigenvalue weighted by Gasteiger charge is 2.36. The number of aromatic nitrogens is 4. The van der Waals surface area contributed by atoms with Crippen LogP contribution in [0.1, 0.15) is 0 Å². The molecule has 0 amide bonds. The van der Waals surface area contributed by atoms with Crippen LogP contribution in [-0.4, -0.2) is 20.4 Å². The Morgan fingerprint density at radius 2 is 1.13 bits per heavy atom. The summed E-state index contributed by atoms with van der Waals surface area (Å²) in [5.41, 5.74) is 4.41. The van der Waals surface area contributed by atoms with Crippen molar-refractivity contribution >= 4 is 39.6 Å². The van der Waals surface area contributed by atoms with E-state index in [-0.39, 0.29) is 0 Å². The molecular formula is C24H17N7. The Balaban J connectivity index is 1.73. The van der Waals surface area contributed by atoms with Crippen LogP contribution in [0.2, 0.25) is 0 Å². The molecule has 6 rings (SSSR count). The number of hydrogen-bond acceptors (Lipinski definition) is 7. The molecule has 1 aliphatic heterocycles. The Morgan fingerprint density at radius 1 is 0.548 bits per heavy atom. The highest BCUT2D eigenvalue weighted by atomic mass is 15.9. The number of nitrogens with zero attached hydrogens (tertiary/aromatic N) is 7. The van der Waals surface area contributed by atoms with E-state index in [4.69, 9.17) is 0 Å². The monoisotopic (exact) mass is 403 g/mol. The van der Waals surface area contributed by atoms with Gasteiger partial charge < -0.3 is 0 Å². The lowest BCUT2D eigenvalue weighted by Gasteiger charge is -2.47. The molecule has 0 saturated heterocycles. The van der Waals surface area contributed by atoms with E-state index < -0.39 is 0 Å². The van der Waals surface area contributed by atoms with Crippen molar-refractivity contribution in [3.05, 3.63) is 103 Å². The number of para-hydroxylation sites is 3. The first-order chi connectivity index (χ1) is 15.4.